The maximum Gasteiger partial charge on any atom is 0.0447 e. The van der Waals surface area contributed by atoms with Crippen LogP contribution in [0.4, 0.5) is 0 Å². The third-order valence-electron chi connectivity index (χ3n) is 5.00. The van der Waals surface area contributed by atoms with Crippen LogP contribution in [0.2, 0.25) is 0 Å². The predicted octanol–water partition coefficient (Wildman–Crippen LogP) is 5.72. The third kappa shape index (κ3) is 3.12. The molecular weight excluding hydrogens is 290 g/mol. The minimum atomic E-state index is 0.487. The molecule has 2 aliphatic carbocycles. The van der Waals surface area contributed by atoms with Crippen molar-refractivity contribution in [1.29, 1.82) is 0 Å². The Bertz CT molecular complexity index is 811. The summed E-state index contributed by atoms with van der Waals surface area (Å²) in [6.45, 7) is 2.30. The number of pyridine rings is 1. The Morgan fingerprint density at radius 2 is 1.92 bits per heavy atom. The number of benzene rings is 1. The van der Waals surface area contributed by atoms with Crippen LogP contribution in [0.25, 0.3) is 5.57 Å². The lowest BCUT2D eigenvalue weighted by Crippen LogP contribution is -2.00. The van der Waals surface area contributed by atoms with Gasteiger partial charge in [0.2, 0.25) is 0 Å². The van der Waals surface area contributed by atoms with Crippen molar-refractivity contribution >= 4 is 5.57 Å². The number of rotatable bonds is 4. The molecule has 2 unspecified atom stereocenters. The second-order valence-corrected chi connectivity index (χ2v) is 6.94. The molecule has 2 atom stereocenters. The quantitative estimate of drug-likeness (QED) is 0.703. The Kier molecular flexibility index (Phi) is 4.17. The molecule has 1 heterocycles. The molecule has 0 N–H and O–H groups in total. The molecule has 1 aromatic carbocycles. The Hall–Kier alpha value is -2.41. The SMILES string of the molecule is CC1C=C(CC2C=C(Cc3ccccn3)c3ccccc32)C=CC1. The van der Waals surface area contributed by atoms with Crippen LogP contribution < -0.4 is 0 Å². The highest BCUT2D eigenvalue weighted by atomic mass is 14.7. The van der Waals surface area contributed by atoms with Gasteiger partial charge in [-0.3, -0.25) is 4.98 Å². The zero-order valence-corrected chi connectivity index (χ0v) is 14.2. The summed E-state index contributed by atoms with van der Waals surface area (Å²) in [5.41, 5.74) is 6.91. The smallest absolute Gasteiger partial charge is 0.0447 e. The van der Waals surface area contributed by atoms with Gasteiger partial charge in [-0.05, 0) is 47.6 Å². The average Bonchev–Trinajstić information content (AvgIpc) is 2.94. The van der Waals surface area contributed by atoms with Crippen molar-refractivity contribution in [2.45, 2.75) is 32.1 Å². The molecule has 2 aromatic rings. The zero-order chi connectivity index (χ0) is 16.4. The van der Waals surface area contributed by atoms with Crippen molar-refractivity contribution in [3.05, 3.63) is 95.4 Å². The lowest BCUT2D eigenvalue weighted by Gasteiger charge is -2.16. The first-order valence-corrected chi connectivity index (χ1v) is 8.87. The lowest BCUT2D eigenvalue weighted by atomic mass is 9.89. The fraction of sp³-hybridized carbons (Fsp3) is 0.261. The highest BCUT2D eigenvalue weighted by molar-refractivity contribution is 5.76. The van der Waals surface area contributed by atoms with Crippen molar-refractivity contribution in [3.63, 3.8) is 0 Å². The first-order valence-electron chi connectivity index (χ1n) is 8.87. The summed E-state index contributed by atoms with van der Waals surface area (Å²) >= 11 is 0. The van der Waals surface area contributed by atoms with E-state index < -0.39 is 0 Å². The summed E-state index contributed by atoms with van der Waals surface area (Å²) < 4.78 is 0. The first-order chi connectivity index (χ1) is 11.8. The first kappa shape index (κ1) is 15.1. The number of aromatic nitrogens is 1. The summed E-state index contributed by atoms with van der Waals surface area (Å²) in [4.78, 5) is 4.50. The lowest BCUT2D eigenvalue weighted by molar-refractivity contribution is 0.713. The Labute approximate surface area is 144 Å². The van der Waals surface area contributed by atoms with Gasteiger partial charge < -0.3 is 0 Å². The zero-order valence-electron chi connectivity index (χ0n) is 14.2. The average molecular weight is 313 g/mol. The standard InChI is InChI=1S/C23H23N/c1-17-7-6-8-18(13-17)14-19-15-20(16-21-9-4-5-12-24-21)23-11-3-2-10-22(19)23/h2-6,8-13,15,17,19H,7,14,16H2,1H3. The molecule has 120 valence electrons. The predicted molar refractivity (Wildman–Crippen MR) is 101 cm³/mol. The van der Waals surface area contributed by atoms with Crippen molar-refractivity contribution in [2.24, 2.45) is 5.92 Å². The Morgan fingerprint density at radius 3 is 2.75 bits per heavy atom. The van der Waals surface area contributed by atoms with E-state index in [1.165, 1.54) is 28.7 Å². The molecule has 2 aliphatic rings. The normalized spacial score (nSPS) is 22.0. The van der Waals surface area contributed by atoms with E-state index in [4.69, 9.17) is 0 Å². The summed E-state index contributed by atoms with van der Waals surface area (Å²) in [6.07, 6.45) is 14.6. The third-order valence-corrected chi connectivity index (χ3v) is 5.00. The van der Waals surface area contributed by atoms with Crippen LogP contribution in [-0.4, -0.2) is 4.98 Å². The number of nitrogens with zero attached hydrogens (tertiary/aromatic N) is 1. The van der Waals surface area contributed by atoms with Crippen molar-refractivity contribution in [3.8, 4) is 0 Å². The molecule has 0 saturated heterocycles. The van der Waals surface area contributed by atoms with E-state index in [0.29, 0.717) is 11.8 Å². The molecule has 4 rings (SSSR count). The van der Waals surface area contributed by atoms with Gasteiger partial charge in [0, 0.05) is 24.2 Å². The highest BCUT2D eigenvalue weighted by Crippen LogP contribution is 2.41. The van der Waals surface area contributed by atoms with E-state index in [1.807, 2.05) is 12.3 Å². The molecule has 0 radical (unpaired) electrons. The number of hydrogen-bond acceptors (Lipinski definition) is 1. The molecule has 1 aromatic heterocycles. The number of hydrogen-bond donors (Lipinski definition) is 0. The van der Waals surface area contributed by atoms with E-state index in [9.17, 15) is 0 Å². The van der Waals surface area contributed by atoms with Gasteiger partial charge in [0.05, 0.1) is 0 Å². The van der Waals surface area contributed by atoms with Crippen LogP contribution in [-0.2, 0) is 6.42 Å². The minimum Gasteiger partial charge on any atom is -0.261 e. The van der Waals surface area contributed by atoms with Crippen molar-refractivity contribution in [2.75, 3.05) is 0 Å². The van der Waals surface area contributed by atoms with Crippen LogP contribution in [0, 0.1) is 5.92 Å². The van der Waals surface area contributed by atoms with Crippen molar-refractivity contribution in [1.82, 2.24) is 4.98 Å². The summed E-state index contributed by atoms with van der Waals surface area (Å²) in [7, 11) is 0. The summed E-state index contributed by atoms with van der Waals surface area (Å²) in [5, 5.41) is 0. The molecule has 1 nitrogen and oxygen atoms in total. The van der Waals surface area contributed by atoms with E-state index in [-0.39, 0.29) is 0 Å². The fourth-order valence-electron chi connectivity index (χ4n) is 3.87. The molecule has 0 aliphatic heterocycles. The van der Waals surface area contributed by atoms with E-state index >= 15 is 0 Å². The molecule has 0 saturated carbocycles. The highest BCUT2D eigenvalue weighted by Gasteiger charge is 2.24. The van der Waals surface area contributed by atoms with Gasteiger partial charge in [-0.2, -0.15) is 0 Å². The van der Waals surface area contributed by atoms with Crippen LogP contribution in [0.3, 0.4) is 0 Å². The van der Waals surface area contributed by atoms with Gasteiger partial charge >= 0.3 is 0 Å². The number of fused-ring (bicyclic) bond motifs is 1. The van der Waals surface area contributed by atoms with Gasteiger partial charge in [-0.15, -0.1) is 0 Å². The summed E-state index contributed by atoms with van der Waals surface area (Å²) in [5.74, 6) is 1.15. The van der Waals surface area contributed by atoms with Gasteiger partial charge in [0.1, 0.15) is 0 Å². The van der Waals surface area contributed by atoms with Gasteiger partial charge in [0.25, 0.3) is 0 Å². The molecule has 0 spiro atoms. The van der Waals surface area contributed by atoms with E-state index in [0.717, 1.165) is 18.5 Å². The summed E-state index contributed by atoms with van der Waals surface area (Å²) in [6, 6.07) is 15.0. The van der Waals surface area contributed by atoms with E-state index in [1.54, 1.807) is 0 Å². The van der Waals surface area contributed by atoms with Gasteiger partial charge in [0.15, 0.2) is 0 Å². The van der Waals surface area contributed by atoms with Crippen LogP contribution in [0.15, 0.2) is 78.5 Å². The molecular formula is C23H23N. The molecule has 0 fully saturated rings. The maximum absolute atomic E-state index is 4.50. The second kappa shape index (κ2) is 6.60. The van der Waals surface area contributed by atoms with Crippen LogP contribution >= 0.6 is 0 Å². The topological polar surface area (TPSA) is 12.9 Å². The maximum atomic E-state index is 4.50. The van der Waals surface area contributed by atoms with Crippen molar-refractivity contribution < 1.29 is 0 Å². The molecule has 1 heteroatoms. The van der Waals surface area contributed by atoms with E-state index in [2.05, 4.69) is 72.6 Å². The second-order valence-electron chi connectivity index (χ2n) is 6.94. The fourth-order valence-corrected chi connectivity index (χ4v) is 3.87. The van der Waals surface area contributed by atoms with Crippen LogP contribution in [0.5, 0.6) is 0 Å². The van der Waals surface area contributed by atoms with Gasteiger partial charge in [-0.25, -0.2) is 0 Å². The Balaban J connectivity index is 1.62. The van der Waals surface area contributed by atoms with Crippen LogP contribution in [0.1, 0.15) is 42.5 Å². The Morgan fingerprint density at radius 1 is 1.04 bits per heavy atom. The molecule has 24 heavy (non-hydrogen) atoms. The number of allylic oxidation sites excluding steroid dienone is 6. The molecule has 0 bridgehead atoms. The largest absolute Gasteiger partial charge is 0.261 e. The van der Waals surface area contributed by atoms with Gasteiger partial charge in [-0.1, -0.05) is 67.1 Å². The molecule has 0 amide bonds. The monoisotopic (exact) mass is 313 g/mol. The minimum absolute atomic E-state index is 0.487.